The number of rotatable bonds is 5. The number of hydrogen-bond acceptors (Lipinski definition) is 2. The molecule has 0 aliphatic heterocycles. The van der Waals surface area contributed by atoms with Crippen LogP contribution in [0, 0.1) is 11.6 Å². The summed E-state index contributed by atoms with van der Waals surface area (Å²) in [7, 11) is 0. The zero-order valence-corrected chi connectivity index (χ0v) is 10.1. The number of halogens is 2. The van der Waals surface area contributed by atoms with Crippen LogP contribution in [0.15, 0.2) is 30.6 Å². The lowest BCUT2D eigenvalue weighted by Crippen LogP contribution is -1.97. The molecule has 0 saturated heterocycles. The zero-order chi connectivity index (χ0) is 13.0. The first-order valence-corrected chi connectivity index (χ1v) is 5.78. The van der Waals surface area contributed by atoms with Crippen molar-refractivity contribution in [3.05, 3.63) is 47.8 Å². The number of benzene rings is 1. The Hall–Kier alpha value is -1.91. The van der Waals surface area contributed by atoms with Crippen molar-refractivity contribution in [2.45, 2.75) is 26.5 Å². The van der Waals surface area contributed by atoms with E-state index in [1.165, 1.54) is 6.07 Å². The minimum atomic E-state index is -0.863. The van der Waals surface area contributed by atoms with Gasteiger partial charge in [-0.15, -0.1) is 0 Å². The fraction of sp³-hybridized carbons (Fsp3) is 0.308. The largest absolute Gasteiger partial charge is 0.486 e. The van der Waals surface area contributed by atoms with Crippen LogP contribution in [-0.2, 0) is 13.2 Å². The molecular weight excluding hydrogens is 238 g/mol. The highest BCUT2D eigenvalue weighted by atomic mass is 19.2. The molecule has 0 atom stereocenters. The van der Waals surface area contributed by atoms with Gasteiger partial charge in [-0.1, -0.05) is 13.0 Å². The van der Waals surface area contributed by atoms with E-state index in [0.717, 1.165) is 25.1 Å². The van der Waals surface area contributed by atoms with Crippen molar-refractivity contribution in [3.8, 4) is 5.75 Å². The molecule has 3 nitrogen and oxygen atoms in total. The molecule has 0 fully saturated rings. The third-order valence-electron chi connectivity index (χ3n) is 2.45. The molecule has 96 valence electrons. The molecule has 1 aromatic carbocycles. The molecule has 0 aliphatic carbocycles. The van der Waals surface area contributed by atoms with Crippen molar-refractivity contribution in [2.75, 3.05) is 0 Å². The van der Waals surface area contributed by atoms with Gasteiger partial charge in [0.2, 0.25) is 0 Å². The normalized spacial score (nSPS) is 10.6. The molecule has 0 saturated carbocycles. The Balaban J connectivity index is 1.95. The Morgan fingerprint density at radius 2 is 2.11 bits per heavy atom. The first-order chi connectivity index (χ1) is 8.69. The topological polar surface area (TPSA) is 27.1 Å². The van der Waals surface area contributed by atoms with Gasteiger partial charge in [-0.05, 0) is 24.1 Å². The fourth-order valence-electron chi connectivity index (χ4n) is 1.57. The van der Waals surface area contributed by atoms with Gasteiger partial charge in [0.15, 0.2) is 17.4 Å². The quantitative estimate of drug-likeness (QED) is 0.817. The van der Waals surface area contributed by atoms with Gasteiger partial charge >= 0.3 is 0 Å². The minimum absolute atomic E-state index is 0.190. The summed E-state index contributed by atoms with van der Waals surface area (Å²) in [5.74, 6) is -1.10. The number of aromatic nitrogens is 2. The molecule has 0 amide bonds. The van der Waals surface area contributed by atoms with E-state index in [0.29, 0.717) is 11.3 Å². The Kier molecular flexibility index (Phi) is 3.92. The number of aryl methyl sites for hydroxylation is 1. The first-order valence-electron chi connectivity index (χ1n) is 5.78. The highest BCUT2D eigenvalue weighted by molar-refractivity contribution is 5.19. The van der Waals surface area contributed by atoms with Crippen molar-refractivity contribution in [3.63, 3.8) is 0 Å². The van der Waals surface area contributed by atoms with Gasteiger partial charge in [-0.2, -0.15) is 5.10 Å². The van der Waals surface area contributed by atoms with E-state index in [-0.39, 0.29) is 6.61 Å². The molecule has 0 unspecified atom stereocenters. The molecule has 0 radical (unpaired) electrons. The minimum Gasteiger partial charge on any atom is -0.486 e. The summed E-state index contributed by atoms with van der Waals surface area (Å²) in [4.78, 5) is 0. The lowest BCUT2D eigenvalue weighted by Gasteiger charge is -2.03. The number of hydrogen-bond donors (Lipinski definition) is 0. The standard InChI is InChI=1S/C13H14F2N2O/c1-2-5-17-8-11(7-16-17)18-9-10-3-4-12(14)13(15)6-10/h3-4,6-8H,2,5,9H2,1H3. The van der Waals surface area contributed by atoms with Crippen LogP contribution in [0.1, 0.15) is 18.9 Å². The highest BCUT2D eigenvalue weighted by Gasteiger charge is 2.04. The van der Waals surface area contributed by atoms with Crippen molar-refractivity contribution in [2.24, 2.45) is 0 Å². The fourth-order valence-corrected chi connectivity index (χ4v) is 1.57. The molecular formula is C13H14F2N2O. The Bertz CT molecular complexity index is 525. The van der Waals surface area contributed by atoms with Crippen LogP contribution in [0.4, 0.5) is 8.78 Å². The van der Waals surface area contributed by atoms with Gasteiger partial charge < -0.3 is 4.74 Å². The Morgan fingerprint density at radius 1 is 1.28 bits per heavy atom. The van der Waals surface area contributed by atoms with Gasteiger partial charge in [0.05, 0.1) is 12.4 Å². The van der Waals surface area contributed by atoms with Crippen LogP contribution in [0.2, 0.25) is 0 Å². The summed E-state index contributed by atoms with van der Waals surface area (Å²) in [5, 5.41) is 4.11. The van der Waals surface area contributed by atoms with Crippen molar-refractivity contribution >= 4 is 0 Å². The summed E-state index contributed by atoms with van der Waals surface area (Å²) < 4.78 is 32.9. The molecule has 0 spiro atoms. The zero-order valence-electron chi connectivity index (χ0n) is 10.1. The maximum atomic E-state index is 13.0. The van der Waals surface area contributed by atoms with E-state index in [9.17, 15) is 8.78 Å². The van der Waals surface area contributed by atoms with Gasteiger partial charge in [-0.25, -0.2) is 8.78 Å². The average Bonchev–Trinajstić information content (AvgIpc) is 2.79. The SMILES string of the molecule is CCCn1cc(OCc2ccc(F)c(F)c2)cn1. The maximum Gasteiger partial charge on any atom is 0.159 e. The second kappa shape index (κ2) is 5.62. The molecule has 0 N–H and O–H groups in total. The van der Waals surface area contributed by atoms with Crippen molar-refractivity contribution in [1.82, 2.24) is 9.78 Å². The predicted molar refractivity (Wildman–Crippen MR) is 63.2 cm³/mol. The van der Waals surface area contributed by atoms with E-state index < -0.39 is 11.6 Å². The summed E-state index contributed by atoms with van der Waals surface area (Å²) in [6.45, 7) is 3.08. The monoisotopic (exact) mass is 252 g/mol. The van der Waals surface area contributed by atoms with Gasteiger partial charge in [0, 0.05) is 6.54 Å². The average molecular weight is 252 g/mol. The van der Waals surface area contributed by atoms with Crippen molar-refractivity contribution in [1.29, 1.82) is 0 Å². The summed E-state index contributed by atoms with van der Waals surface area (Å²) in [6, 6.07) is 3.72. The molecule has 1 aromatic heterocycles. The third-order valence-corrected chi connectivity index (χ3v) is 2.45. The second-order valence-corrected chi connectivity index (χ2v) is 3.98. The van der Waals surface area contributed by atoms with Crippen LogP contribution in [-0.4, -0.2) is 9.78 Å². The molecule has 2 aromatic rings. The molecule has 2 rings (SSSR count). The van der Waals surface area contributed by atoms with Crippen LogP contribution in [0.3, 0.4) is 0 Å². The van der Waals surface area contributed by atoms with Crippen LogP contribution in [0.25, 0.3) is 0 Å². The number of nitrogens with zero attached hydrogens (tertiary/aromatic N) is 2. The van der Waals surface area contributed by atoms with E-state index >= 15 is 0 Å². The molecule has 0 bridgehead atoms. The smallest absolute Gasteiger partial charge is 0.159 e. The molecule has 5 heteroatoms. The van der Waals surface area contributed by atoms with Crippen molar-refractivity contribution < 1.29 is 13.5 Å². The van der Waals surface area contributed by atoms with Crippen LogP contribution >= 0.6 is 0 Å². The van der Waals surface area contributed by atoms with Gasteiger partial charge in [0.1, 0.15) is 6.61 Å². The summed E-state index contributed by atoms with van der Waals surface area (Å²) in [5.41, 5.74) is 0.581. The predicted octanol–water partition coefficient (Wildman–Crippen LogP) is 3.15. The van der Waals surface area contributed by atoms with Gasteiger partial charge in [0.25, 0.3) is 0 Å². The van der Waals surface area contributed by atoms with Gasteiger partial charge in [-0.3, -0.25) is 4.68 Å². The Morgan fingerprint density at radius 3 is 2.83 bits per heavy atom. The first kappa shape index (κ1) is 12.5. The maximum absolute atomic E-state index is 13.0. The lowest BCUT2D eigenvalue weighted by atomic mass is 10.2. The van der Waals surface area contributed by atoms with E-state index in [1.54, 1.807) is 17.1 Å². The van der Waals surface area contributed by atoms with E-state index in [1.807, 2.05) is 0 Å². The van der Waals surface area contributed by atoms with Crippen LogP contribution in [0.5, 0.6) is 5.75 Å². The van der Waals surface area contributed by atoms with E-state index in [2.05, 4.69) is 12.0 Å². The Labute approximate surface area is 104 Å². The molecule has 1 heterocycles. The molecule has 0 aliphatic rings. The highest BCUT2D eigenvalue weighted by Crippen LogP contribution is 2.13. The second-order valence-electron chi connectivity index (χ2n) is 3.98. The number of ether oxygens (including phenoxy) is 1. The lowest BCUT2D eigenvalue weighted by molar-refractivity contribution is 0.304. The summed E-state index contributed by atoms with van der Waals surface area (Å²) >= 11 is 0. The summed E-state index contributed by atoms with van der Waals surface area (Å²) in [6.07, 6.45) is 4.38. The molecule has 18 heavy (non-hydrogen) atoms. The van der Waals surface area contributed by atoms with Crippen LogP contribution < -0.4 is 4.74 Å². The third kappa shape index (κ3) is 3.06. The van der Waals surface area contributed by atoms with E-state index in [4.69, 9.17) is 4.74 Å².